The molecule has 0 amide bonds. The van der Waals surface area contributed by atoms with Gasteiger partial charge in [0.05, 0.1) is 12.6 Å². The fraction of sp³-hybridized carbons (Fsp3) is 0.333. The molecular formula is C15H16N2O4. The maximum atomic E-state index is 10.9. The Morgan fingerprint density at radius 3 is 3.00 bits per heavy atom. The van der Waals surface area contributed by atoms with Crippen LogP contribution in [0.5, 0.6) is 11.5 Å². The summed E-state index contributed by atoms with van der Waals surface area (Å²) in [5, 5.41) is 12.8. The Bertz CT molecular complexity index is 674. The van der Waals surface area contributed by atoms with Crippen LogP contribution < -0.4 is 14.8 Å². The number of aromatic nitrogens is 1. The predicted octanol–water partition coefficient (Wildman–Crippen LogP) is 1.44. The molecule has 6 nitrogen and oxygen atoms in total. The van der Waals surface area contributed by atoms with Gasteiger partial charge in [-0.1, -0.05) is 0 Å². The standard InChI is InChI=1S/C15H16N2O4/c1-20-9-2-3-11-12(6-9)16-5-4-14(11)21-10-7-13(15(18)19)17-8-10/h2-6,10,13,17H,7-8H2,1H3,(H,18,19). The van der Waals surface area contributed by atoms with Crippen LogP contribution in [-0.2, 0) is 4.79 Å². The van der Waals surface area contributed by atoms with E-state index in [1.165, 1.54) is 0 Å². The van der Waals surface area contributed by atoms with Crippen LogP contribution >= 0.6 is 0 Å². The molecule has 1 fully saturated rings. The van der Waals surface area contributed by atoms with Gasteiger partial charge < -0.3 is 19.9 Å². The minimum atomic E-state index is -0.842. The van der Waals surface area contributed by atoms with Crippen LogP contribution in [0, 0.1) is 0 Å². The van der Waals surface area contributed by atoms with Crippen LogP contribution in [0.4, 0.5) is 0 Å². The molecule has 110 valence electrons. The summed E-state index contributed by atoms with van der Waals surface area (Å²) in [5.41, 5.74) is 0.785. The first-order chi connectivity index (χ1) is 10.2. The molecule has 2 heterocycles. The zero-order valence-corrected chi connectivity index (χ0v) is 11.6. The van der Waals surface area contributed by atoms with Gasteiger partial charge in [0.2, 0.25) is 0 Å². The minimum absolute atomic E-state index is 0.154. The minimum Gasteiger partial charge on any atom is -0.497 e. The van der Waals surface area contributed by atoms with Gasteiger partial charge >= 0.3 is 5.97 Å². The molecule has 0 saturated carbocycles. The second kappa shape index (κ2) is 5.57. The third kappa shape index (κ3) is 2.75. The van der Waals surface area contributed by atoms with Crippen LogP contribution in [0.25, 0.3) is 10.9 Å². The summed E-state index contributed by atoms with van der Waals surface area (Å²) in [6, 6.07) is 6.85. The maximum Gasteiger partial charge on any atom is 0.320 e. The number of aliphatic carboxylic acids is 1. The summed E-state index contributed by atoms with van der Waals surface area (Å²) in [6.45, 7) is 0.525. The number of rotatable bonds is 4. The van der Waals surface area contributed by atoms with Gasteiger partial charge in [-0.15, -0.1) is 0 Å². The zero-order chi connectivity index (χ0) is 14.8. The van der Waals surface area contributed by atoms with Crippen molar-refractivity contribution in [1.82, 2.24) is 10.3 Å². The lowest BCUT2D eigenvalue weighted by molar-refractivity contribution is -0.139. The van der Waals surface area contributed by atoms with Crippen molar-refractivity contribution in [3.05, 3.63) is 30.5 Å². The number of hydrogen-bond acceptors (Lipinski definition) is 5. The molecule has 1 aromatic carbocycles. The molecule has 2 unspecified atom stereocenters. The van der Waals surface area contributed by atoms with Gasteiger partial charge in [0.1, 0.15) is 23.6 Å². The lowest BCUT2D eigenvalue weighted by Gasteiger charge is -2.14. The monoisotopic (exact) mass is 288 g/mol. The molecule has 2 atom stereocenters. The molecule has 21 heavy (non-hydrogen) atoms. The Morgan fingerprint density at radius 1 is 1.43 bits per heavy atom. The largest absolute Gasteiger partial charge is 0.497 e. The summed E-state index contributed by atoms with van der Waals surface area (Å²) in [5.74, 6) is 0.603. The number of carboxylic acids is 1. The number of ether oxygens (including phenoxy) is 2. The van der Waals surface area contributed by atoms with Crippen molar-refractivity contribution in [3.8, 4) is 11.5 Å². The number of hydrogen-bond donors (Lipinski definition) is 2. The molecule has 1 saturated heterocycles. The smallest absolute Gasteiger partial charge is 0.320 e. The quantitative estimate of drug-likeness (QED) is 0.886. The van der Waals surface area contributed by atoms with E-state index in [4.69, 9.17) is 14.6 Å². The molecule has 0 aliphatic carbocycles. The van der Waals surface area contributed by atoms with Crippen LogP contribution in [0.15, 0.2) is 30.5 Å². The van der Waals surface area contributed by atoms with Gasteiger partial charge in [-0.2, -0.15) is 0 Å². The van der Waals surface area contributed by atoms with E-state index in [9.17, 15) is 4.79 Å². The first kappa shape index (κ1) is 13.6. The van der Waals surface area contributed by atoms with Gasteiger partial charge in [0.25, 0.3) is 0 Å². The lowest BCUT2D eigenvalue weighted by Crippen LogP contribution is -2.30. The van der Waals surface area contributed by atoms with E-state index in [-0.39, 0.29) is 6.10 Å². The Labute approximate surface area is 121 Å². The van der Waals surface area contributed by atoms with Crippen LogP contribution in [-0.4, -0.2) is 41.9 Å². The number of pyridine rings is 1. The second-order valence-corrected chi connectivity index (χ2v) is 4.97. The molecule has 3 rings (SSSR count). The molecule has 2 aromatic rings. The number of carbonyl (C=O) groups is 1. The maximum absolute atomic E-state index is 10.9. The molecule has 1 aromatic heterocycles. The number of fused-ring (bicyclic) bond motifs is 1. The third-order valence-electron chi connectivity index (χ3n) is 3.59. The van der Waals surface area contributed by atoms with Crippen LogP contribution in [0.3, 0.4) is 0 Å². The fourth-order valence-corrected chi connectivity index (χ4v) is 2.49. The highest BCUT2D eigenvalue weighted by molar-refractivity contribution is 5.86. The van der Waals surface area contributed by atoms with E-state index in [1.807, 2.05) is 18.2 Å². The number of nitrogens with one attached hydrogen (secondary N) is 1. The van der Waals surface area contributed by atoms with Gasteiger partial charge in [-0.05, 0) is 18.2 Å². The highest BCUT2D eigenvalue weighted by Gasteiger charge is 2.30. The lowest BCUT2D eigenvalue weighted by atomic mass is 10.2. The molecule has 0 radical (unpaired) electrons. The van der Waals surface area contributed by atoms with E-state index in [2.05, 4.69) is 10.3 Å². The van der Waals surface area contributed by atoms with Crippen molar-refractivity contribution in [2.75, 3.05) is 13.7 Å². The molecule has 0 bridgehead atoms. The number of benzene rings is 1. The number of carboxylic acid groups (broad SMARTS) is 1. The van der Waals surface area contributed by atoms with E-state index in [0.717, 1.165) is 16.7 Å². The normalized spacial score (nSPS) is 21.4. The second-order valence-electron chi connectivity index (χ2n) is 4.97. The number of nitrogens with zero attached hydrogens (tertiary/aromatic N) is 1. The summed E-state index contributed by atoms with van der Waals surface area (Å²) in [4.78, 5) is 15.2. The third-order valence-corrected chi connectivity index (χ3v) is 3.59. The summed E-state index contributed by atoms with van der Waals surface area (Å²) in [7, 11) is 1.61. The predicted molar refractivity (Wildman–Crippen MR) is 76.8 cm³/mol. The van der Waals surface area contributed by atoms with E-state index in [1.54, 1.807) is 19.4 Å². The molecule has 1 aliphatic heterocycles. The zero-order valence-electron chi connectivity index (χ0n) is 11.6. The van der Waals surface area contributed by atoms with Crippen LogP contribution in [0.1, 0.15) is 6.42 Å². The SMILES string of the molecule is COc1ccc2c(OC3CNC(C(=O)O)C3)ccnc2c1. The van der Waals surface area contributed by atoms with Crippen molar-refractivity contribution in [2.45, 2.75) is 18.6 Å². The van der Waals surface area contributed by atoms with Gasteiger partial charge in [0.15, 0.2) is 0 Å². The molecule has 2 N–H and O–H groups in total. The van der Waals surface area contributed by atoms with E-state index >= 15 is 0 Å². The van der Waals surface area contributed by atoms with Gasteiger partial charge in [0, 0.05) is 30.6 Å². The molecule has 1 aliphatic rings. The highest BCUT2D eigenvalue weighted by Crippen LogP contribution is 2.28. The fourth-order valence-electron chi connectivity index (χ4n) is 2.49. The van der Waals surface area contributed by atoms with Crippen molar-refractivity contribution < 1.29 is 19.4 Å². The van der Waals surface area contributed by atoms with E-state index in [0.29, 0.717) is 18.7 Å². The summed E-state index contributed by atoms with van der Waals surface area (Å²) in [6.07, 6.45) is 1.97. The van der Waals surface area contributed by atoms with Crippen molar-refractivity contribution >= 4 is 16.9 Å². The van der Waals surface area contributed by atoms with Crippen molar-refractivity contribution in [2.24, 2.45) is 0 Å². The Hall–Kier alpha value is -2.34. The average molecular weight is 288 g/mol. The van der Waals surface area contributed by atoms with E-state index < -0.39 is 12.0 Å². The Kier molecular flexibility index (Phi) is 3.62. The van der Waals surface area contributed by atoms with Crippen LogP contribution in [0.2, 0.25) is 0 Å². The topological polar surface area (TPSA) is 80.7 Å². The van der Waals surface area contributed by atoms with Crippen molar-refractivity contribution in [1.29, 1.82) is 0 Å². The first-order valence-corrected chi connectivity index (χ1v) is 6.73. The molecule has 0 spiro atoms. The van der Waals surface area contributed by atoms with Gasteiger partial charge in [-0.3, -0.25) is 9.78 Å². The summed E-state index contributed by atoms with van der Waals surface area (Å²) >= 11 is 0. The Balaban J connectivity index is 1.83. The molecule has 6 heteroatoms. The summed E-state index contributed by atoms with van der Waals surface area (Å²) < 4.78 is 11.1. The van der Waals surface area contributed by atoms with Crippen molar-refractivity contribution in [3.63, 3.8) is 0 Å². The first-order valence-electron chi connectivity index (χ1n) is 6.73. The highest BCUT2D eigenvalue weighted by atomic mass is 16.5. The Morgan fingerprint density at radius 2 is 2.29 bits per heavy atom. The van der Waals surface area contributed by atoms with Gasteiger partial charge in [-0.25, -0.2) is 0 Å². The molecular weight excluding hydrogens is 272 g/mol. The number of methoxy groups -OCH3 is 1. The average Bonchev–Trinajstić information content (AvgIpc) is 2.96.